The van der Waals surface area contributed by atoms with Crippen molar-refractivity contribution in [3.63, 3.8) is 0 Å². The highest BCUT2D eigenvalue weighted by Gasteiger charge is 2.30. The highest BCUT2D eigenvalue weighted by molar-refractivity contribution is 8.15. The van der Waals surface area contributed by atoms with Crippen molar-refractivity contribution >= 4 is 34.7 Å². The van der Waals surface area contributed by atoms with Crippen LogP contribution in [0.2, 0.25) is 0 Å². The summed E-state index contributed by atoms with van der Waals surface area (Å²) < 4.78 is 13.0. The number of carbonyl (C=O) groups excluding carboxylic acids is 1. The number of amidine groups is 1. The molecule has 7 heteroatoms. The Balaban J connectivity index is 1.59. The summed E-state index contributed by atoms with van der Waals surface area (Å²) in [6.07, 6.45) is 2.16. The first-order chi connectivity index (χ1) is 12.5. The van der Waals surface area contributed by atoms with E-state index in [0.717, 1.165) is 16.8 Å². The van der Waals surface area contributed by atoms with E-state index >= 15 is 0 Å². The van der Waals surface area contributed by atoms with Gasteiger partial charge < -0.3 is 10.2 Å². The van der Waals surface area contributed by atoms with Crippen LogP contribution in [0.5, 0.6) is 0 Å². The van der Waals surface area contributed by atoms with E-state index in [4.69, 9.17) is 0 Å². The Morgan fingerprint density at radius 2 is 1.85 bits per heavy atom. The summed E-state index contributed by atoms with van der Waals surface area (Å²) in [6, 6.07) is 14.1. The molecule has 1 unspecified atom stereocenters. The van der Waals surface area contributed by atoms with Crippen molar-refractivity contribution in [3.8, 4) is 0 Å². The van der Waals surface area contributed by atoms with Gasteiger partial charge in [-0.05, 0) is 41.8 Å². The molecule has 1 N–H and O–H groups in total. The fourth-order valence-electron chi connectivity index (χ4n) is 2.43. The molecule has 1 atom stereocenters. The minimum absolute atomic E-state index is 0.108. The Morgan fingerprint density at radius 1 is 1.15 bits per heavy atom. The number of hydrogen-bond donors (Lipinski definition) is 1. The van der Waals surface area contributed by atoms with E-state index in [1.54, 1.807) is 18.3 Å². The van der Waals surface area contributed by atoms with Crippen LogP contribution in [0.3, 0.4) is 0 Å². The fraction of sp³-hybridized carbons (Fsp3) is 0.211. The standard InChI is InChI=1S/C19H19FN4OS/c1-24(2)16-9-5-14(6-10-16)12-21-23-19-22-18(25)17(26-19)11-13-3-7-15(20)8-4-13/h3-10,12,17H,11H2,1-2H3,(H,22,23,25)/b21-12+. The molecule has 0 spiro atoms. The van der Waals surface area contributed by atoms with Gasteiger partial charge in [-0.1, -0.05) is 36.0 Å². The third-order valence-electron chi connectivity index (χ3n) is 3.88. The predicted molar refractivity (Wildman–Crippen MR) is 105 cm³/mol. The normalized spacial score (nSPS) is 18.5. The number of thioether (sulfide) groups is 1. The summed E-state index contributed by atoms with van der Waals surface area (Å²) in [7, 11) is 3.97. The lowest BCUT2D eigenvalue weighted by Crippen LogP contribution is -2.25. The fourth-order valence-corrected chi connectivity index (χ4v) is 3.39. The minimum atomic E-state index is -0.285. The highest BCUT2D eigenvalue weighted by Crippen LogP contribution is 2.23. The van der Waals surface area contributed by atoms with Gasteiger partial charge in [0.05, 0.1) is 11.5 Å². The number of benzene rings is 2. The van der Waals surface area contributed by atoms with Crippen molar-refractivity contribution in [3.05, 3.63) is 65.5 Å². The minimum Gasteiger partial charge on any atom is -0.378 e. The quantitative estimate of drug-likeness (QED) is 0.650. The second-order valence-corrected chi connectivity index (χ2v) is 7.25. The molecule has 26 heavy (non-hydrogen) atoms. The van der Waals surface area contributed by atoms with E-state index in [1.807, 2.05) is 43.3 Å². The van der Waals surface area contributed by atoms with Gasteiger partial charge in [0.1, 0.15) is 5.82 Å². The molecule has 2 aromatic rings. The molecule has 0 bridgehead atoms. The first-order valence-corrected chi connectivity index (χ1v) is 8.99. The summed E-state index contributed by atoms with van der Waals surface area (Å²) in [5.41, 5.74) is 2.94. The molecule has 1 aliphatic rings. The van der Waals surface area contributed by atoms with Crippen LogP contribution >= 0.6 is 11.8 Å². The van der Waals surface area contributed by atoms with Gasteiger partial charge in [-0.15, -0.1) is 5.10 Å². The van der Waals surface area contributed by atoms with Crippen LogP contribution < -0.4 is 10.2 Å². The lowest BCUT2D eigenvalue weighted by molar-refractivity contribution is -0.118. The van der Waals surface area contributed by atoms with Crippen LogP contribution in [0.15, 0.2) is 58.7 Å². The zero-order chi connectivity index (χ0) is 18.5. The van der Waals surface area contributed by atoms with Crippen molar-refractivity contribution in [2.24, 2.45) is 10.2 Å². The summed E-state index contributed by atoms with van der Waals surface area (Å²) in [5, 5.41) is 11.0. The Hall–Kier alpha value is -2.67. The largest absolute Gasteiger partial charge is 0.378 e. The van der Waals surface area contributed by atoms with Crippen LogP contribution in [0.25, 0.3) is 0 Å². The predicted octanol–water partition coefficient (Wildman–Crippen LogP) is 3.06. The van der Waals surface area contributed by atoms with E-state index in [0.29, 0.717) is 11.6 Å². The molecule has 134 valence electrons. The number of anilines is 1. The second-order valence-electron chi connectivity index (χ2n) is 6.06. The number of rotatable bonds is 5. The number of carbonyl (C=O) groups is 1. The maximum atomic E-state index is 13.0. The number of hydrogen-bond acceptors (Lipinski definition) is 5. The Labute approximate surface area is 156 Å². The SMILES string of the molecule is CN(C)c1ccc(/C=N/N=C2\NC(=O)C(Cc3ccc(F)cc3)S2)cc1. The molecular weight excluding hydrogens is 351 g/mol. The topological polar surface area (TPSA) is 57.1 Å². The van der Waals surface area contributed by atoms with E-state index in [-0.39, 0.29) is 17.0 Å². The molecule has 1 fully saturated rings. The van der Waals surface area contributed by atoms with Crippen molar-refractivity contribution < 1.29 is 9.18 Å². The molecule has 1 amide bonds. The number of halogens is 1. The van der Waals surface area contributed by atoms with Gasteiger partial charge in [0.15, 0.2) is 5.17 Å². The maximum Gasteiger partial charge on any atom is 0.239 e. The van der Waals surface area contributed by atoms with Crippen molar-refractivity contribution in [1.29, 1.82) is 0 Å². The Bertz CT molecular complexity index is 832. The van der Waals surface area contributed by atoms with E-state index in [2.05, 4.69) is 15.5 Å². The molecule has 0 radical (unpaired) electrons. The smallest absolute Gasteiger partial charge is 0.239 e. The summed E-state index contributed by atoms with van der Waals surface area (Å²) in [5.74, 6) is -0.393. The average Bonchev–Trinajstić information content (AvgIpc) is 2.97. The molecule has 0 saturated carbocycles. The van der Waals surface area contributed by atoms with Crippen molar-refractivity contribution in [1.82, 2.24) is 5.32 Å². The molecule has 0 aliphatic carbocycles. The van der Waals surface area contributed by atoms with Gasteiger partial charge in [0.2, 0.25) is 5.91 Å². The van der Waals surface area contributed by atoms with Crippen LogP contribution in [0.4, 0.5) is 10.1 Å². The van der Waals surface area contributed by atoms with E-state index in [1.165, 1.54) is 23.9 Å². The lowest BCUT2D eigenvalue weighted by Gasteiger charge is -2.11. The molecule has 2 aromatic carbocycles. The van der Waals surface area contributed by atoms with Gasteiger partial charge in [-0.3, -0.25) is 4.79 Å². The average molecular weight is 370 g/mol. The summed E-state index contributed by atoms with van der Waals surface area (Å²) in [4.78, 5) is 14.1. The van der Waals surface area contributed by atoms with Gasteiger partial charge in [-0.25, -0.2) is 4.39 Å². The maximum absolute atomic E-state index is 13.0. The third kappa shape index (κ3) is 4.70. The molecule has 3 rings (SSSR count). The van der Waals surface area contributed by atoms with Crippen LogP contribution in [-0.2, 0) is 11.2 Å². The Kier molecular flexibility index (Phi) is 5.68. The van der Waals surface area contributed by atoms with Gasteiger partial charge in [0.25, 0.3) is 0 Å². The number of nitrogens with zero attached hydrogens (tertiary/aromatic N) is 3. The lowest BCUT2D eigenvalue weighted by atomic mass is 10.1. The van der Waals surface area contributed by atoms with Crippen LogP contribution in [-0.4, -0.2) is 36.6 Å². The van der Waals surface area contributed by atoms with Gasteiger partial charge >= 0.3 is 0 Å². The molecule has 5 nitrogen and oxygen atoms in total. The summed E-state index contributed by atoms with van der Waals surface area (Å²) >= 11 is 1.33. The second kappa shape index (κ2) is 8.14. The van der Waals surface area contributed by atoms with Gasteiger partial charge in [0, 0.05) is 19.8 Å². The number of nitrogens with one attached hydrogen (secondary N) is 1. The van der Waals surface area contributed by atoms with E-state index < -0.39 is 0 Å². The zero-order valence-corrected chi connectivity index (χ0v) is 15.3. The van der Waals surface area contributed by atoms with E-state index in [9.17, 15) is 9.18 Å². The molecule has 0 aromatic heterocycles. The first-order valence-electron chi connectivity index (χ1n) is 8.11. The molecular formula is C19H19FN4OS. The first kappa shape index (κ1) is 18.1. The molecule has 1 aliphatic heterocycles. The summed E-state index contributed by atoms with van der Waals surface area (Å²) in [6.45, 7) is 0. The molecule has 1 heterocycles. The van der Waals surface area contributed by atoms with Crippen LogP contribution in [0, 0.1) is 5.82 Å². The van der Waals surface area contributed by atoms with Gasteiger partial charge in [-0.2, -0.15) is 5.10 Å². The van der Waals surface area contributed by atoms with Crippen molar-refractivity contribution in [2.75, 3.05) is 19.0 Å². The molecule has 1 saturated heterocycles. The Morgan fingerprint density at radius 3 is 2.50 bits per heavy atom. The third-order valence-corrected chi connectivity index (χ3v) is 4.95. The zero-order valence-electron chi connectivity index (χ0n) is 14.5. The van der Waals surface area contributed by atoms with Crippen LogP contribution in [0.1, 0.15) is 11.1 Å². The highest BCUT2D eigenvalue weighted by atomic mass is 32.2. The van der Waals surface area contributed by atoms with Crippen molar-refractivity contribution in [2.45, 2.75) is 11.7 Å². The monoisotopic (exact) mass is 370 g/mol. The number of amides is 1.